The van der Waals surface area contributed by atoms with E-state index in [0.29, 0.717) is 25.2 Å². The fraction of sp³-hybridized carbons (Fsp3) is 0.280. The zero-order chi connectivity index (χ0) is 24.6. The molecule has 1 N–H and O–H groups in total. The molecule has 5 rings (SSSR count). The van der Waals surface area contributed by atoms with Gasteiger partial charge < -0.3 is 9.67 Å². The first-order valence-corrected chi connectivity index (χ1v) is 11.2. The quantitative estimate of drug-likeness (QED) is 0.461. The summed E-state index contributed by atoms with van der Waals surface area (Å²) in [5, 5.41) is 25.0. The average molecular weight is 476 g/mol. The van der Waals surface area contributed by atoms with Crippen molar-refractivity contribution >= 4 is 0 Å². The van der Waals surface area contributed by atoms with Crippen LogP contribution >= 0.6 is 0 Å². The number of aromatic nitrogens is 5. The van der Waals surface area contributed by atoms with Gasteiger partial charge in [0.05, 0.1) is 30.4 Å². The van der Waals surface area contributed by atoms with Crippen LogP contribution in [0.15, 0.2) is 61.3 Å². The zero-order valence-corrected chi connectivity index (χ0v) is 19.0. The molecule has 0 spiro atoms. The maximum absolute atomic E-state index is 14.9. The highest BCUT2D eigenvalue weighted by atomic mass is 19.1. The summed E-state index contributed by atoms with van der Waals surface area (Å²) >= 11 is 0. The maximum atomic E-state index is 14.9. The number of hydrogen-bond acceptors (Lipinski definition) is 6. The third-order valence-corrected chi connectivity index (χ3v) is 6.65. The number of nitrogens with zero attached hydrogens (tertiary/aromatic N) is 7. The Hall–Kier alpha value is -3.94. The molecule has 2 aromatic carbocycles. The largest absolute Gasteiger partial charge is 0.381 e. The molecule has 2 aromatic heterocycles. The van der Waals surface area contributed by atoms with Crippen molar-refractivity contribution in [3.63, 3.8) is 0 Å². The number of aliphatic hydroxyl groups is 1. The first kappa shape index (κ1) is 22.8. The smallest absolute Gasteiger partial charge is 0.137 e. The lowest BCUT2D eigenvalue weighted by Crippen LogP contribution is -2.53. The van der Waals surface area contributed by atoms with Crippen LogP contribution in [0.4, 0.5) is 8.78 Å². The van der Waals surface area contributed by atoms with Gasteiger partial charge in [-0.25, -0.2) is 23.4 Å². The van der Waals surface area contributed by atoms with Crippen LogP contribution in [0.3, 0.4) is 0 Å². The Kier molecular flexibility index (Phi) is 5.88. The van der Waals surface area contributed by atoms with Gasteiger partial charge in [-0.05, 0) is 25.1 Å². The number of rotatable bonds is 6. The number of nitriles is 1. The van der Waals surface area contributed by atoms with Crippen LogP contribution in [0.5, 0.6) is 0 Å². The van der Waals surface area contributed by atoms with Crippen molar-refractivity contribution in [3.8, 4) is 17.3 Å². The molecule has 4 aromatic rings. The first-order valence-electron chi connectivity index (χ1n) is 11.2. The summed E-state index contributed by atoms with van der Waals surface area (Å²) in [5.41, 5.74) is 0.561. The summed E-state index contributed by atoms with van der Waals surface area (Å²) in [5.74, 6) is -0.719. The molecule has 1 aliphatic rings. The number of benzene rings is 2. The van der Waals surface area contributed by atoms with Crippen LogP contribution in [0.1, 0.15) is 23.9 Å². The summed E-state index contributed by atoms with van der Waals surface area (Å²) in [7, 11) is 0. The molecule has 0 amide bonds. The maximum Gasteiger partial charge on any atom is 0.137 e. The molecular formula is C25H23F2N7O. The third-order valence-electron chi connectivity index (χ3n) is 6.65. The monoisotopic (exact) mass is 475 g/mol. The number of imidazole rings is 1. The molecule has 178 valence electrons. The molecule has 0 radical (unpaired) electrons. The standard InChI is InChI=1S/C25H23F2N7O/c1-17(25(35,14-34-16-29-15-30-34)21-7-6-20(26)10-22(21)27)32-8-9-33-12-23(31-24(33)13-32)19-4-2-18(11-28)3-5-19/h2-7,10,12,15-17,35H,8-9,13-14H2,1H3. The number of hydrogen-bond donors (Lipinski definition) is 1. The molecule has 0 aliphatic carbocycles. The van der Waals surface area contributed by atoms with E-state index >= 15 is 0 Å². The Labute approximate surface area is 200 Å². The first-order chi connectivity index (χ1) is 16.9. The van der Waals surface area contributed by atoms with Crippen LogP contribution in [0.25, 0.3) is 11.3 Å². The highest BCUT2D eigenvalue weighted by Gasteiger charge is 2.43. The van der Waals surface area contributed by atoms with E-state index in [-0.39, 0.29) is 12.1 Å². The van der Waals surface area contributed by atoms with E-state index in [2.05, 4.69) is 20.7 Å². The van der Waals surface area contributed by atoms with Gasteiger partial charge in [0.15, 0.2) is 0 Å². The van der Waals surface area contributed by atoms with Crippen molar-refractivity contribution in [2.75, 3.05) is 6.54 Å². The second kappa shape index (κ2) is 9.02. The topological polar surface area (TPSA) is 95.8 Å². The molecule has 0 bridgehead atoms. The molecule has 10 heteroatoms. The number of fused-ring (bicyclic) bond motifs is 1. The Balaban J connectivity index is 1.44. The van der Waals surface area contributed by atoms with E-state index in [1.54, 1.807) is 12.1 Å². The van der Waals surface area contributed by atoms with Gasteiger partial charge in [-0.2, -0.15) is 10.4 Å². The highest BCUT2D eigenvalue weighted by Crippen LogP contribution is 2.34. The van der Waals surface area contributed by atoms with Gasteiger partial charge in [0, 0.05) is 42.5 Å². The van der Waals surface area contributed by atoms with Gasteiger partial charge in [0.2, 0.25) is 0 Å². The molecular weight excluding hydrogens is 452 g/mol. The summed E-state index contributed by atoms with van der Waals surface area (Å²) in [4.78, 5) is 10.7. The van der Waals surface area contributed by atoms with E-state index < -0.39 is 23.3 Å². The summed E-state index contributed by atoms with van der Waals surface area (Å²) in [6, 6.07) is 12.0. The van der Waals surface area contributed by atoms with Gasteiger partial charge in [-0.15, -0.1) is 0 Å². The van der Waals surface area contributed by atoms with E-state index in [9.17, 15) is 13.9 Å². The average Bonchev–Trinajstić information content (AvgIpc) is 3.52. The van der Waals surface area contributed by atoms with Gasteiger partial charge >= 0.3 is 0 Å². The predicted molar refractivity (Wildman–Crippen MR) is 123 cm³/mol. The fourth-order valence-corrected chi connectivity index (χ4v) is 4.60. The summed E-state index contributed by atoms with van der Waals surface area (Å²) in [6.07, 6.45) is 4.76. The van der Waals surface area contributed by atoms with Crippen LogP contribution in [0, 0.1) is 23.0 Å². The molecule has 2 unspecified atom stereocenters. The molecule has 0 saturated heterocycles. The summed E-state index contributed by atoms with van der Waals surface area (Å²) < 4.78 is 32.0. The molecule has 8 nitrogen and oxygen atoms in total. The van der Waals surface area contributed by atoms with Crippen molar-refractivity contribution in [1.82, 2.24) is 29.2 Å². The predicted octanol–water partition coefficient (Wildman–Crippen LogP) is 3.08. The second-order valence-corrected chi connectivity index (χ2v) is 8.71. The van der Waals surface area contributed by atoms with E-state index in [1.807, 2.05) is 30.2 Å². The SMILES string of the molecule is CC(N1CCn2cc(-c3ccc(C#N)cc3)nc2C1)C(O)(Cn1cncn1)c1ccc(F)cc1F. The van der Waals surface area contributed by atoms with E-state index in [1.165, 1.54) is 23.4 Å². The van der Waals surface area contributed by atoms with Crippen molar-refractivity contribution in [2.45, 2.75) is 38.2 Å². The molecule has 3 heterocycles. The van der Waals surface area contributed by atoms with Crippen LogP contribution < -0.4 is 0 Å². The molecule has 1 aliphatic heterocycles. The van der Waals surface area contributed by atoms with Crippen molar-refractivity contribution in [2.24, 2.45) is 0 Å². The molecule has 0 fully saturated rings. The molecule has 35 heavy (non-hydrogen) atoms. The minimum absolute atomic E-state index is 0.00548. The normalized spacial score (nSPS) is 16.3. The minimum Gasteiger partial charge on any atom is -0.381 e. The molecule has 2 atom stereocenters. The van der Waals surface area contributed by atoms with Crippen LogP contribution in [-0.4, -0.2) is 46.9 Å². The van der Waals surface area contributed by atoms with Gasteiger partial charge in [0.1, 0.15) is 35.7 Å². The van der Waals surface area contributed by atoms with Crippen molar-refractivity contribution in [3.05, 3.63) is 89.9 Å². The number of halogens is 2. The lowest BCUT2D eigenvalue weighted by Gasteiger charge is -2.42. The van der Waals surface area contributed by atoms with Gasteiger partial charge in [0.25, 0.3) is 0 Å². The summed E-state index contributed by atoms with van der Waals surface area (Å²) in [6.45, 7) is 3.42. The van der Waals surface area contributed by atoms with E-state index in [0.717, 1.165) is 29.2 Å². The second-order valence-electron chi connectivity index (χ2n) is 8.71. The lowest BCUT2D eigenvalue weighted by atomic mass is 9.85. The Morgan fingerprint density at radius 1 is 1.17 bits per heavy atom. The third kappa shape index (κ3) is 4.32. The molecule has 0 saturated carbocycles. The minimum atomic E-state index is -1.71. The van der Waals surface area contributed by atoms with Crippen LogP contribution in [-0.2, 0) is 25.2 Å². The lowest BCUT2D eigenvalue weighted by molar-refractivity contribution is -0.0709. The Morgan fingerprint density at radius 3 is 2.66 bits per heavy atom. The van der Waals surface area contributed by atoms with Crippen molar-refractivity contribution in [1.29, 1.82) is 5.26 Å². The van der Waals surface area contributed by atoms with Gasteiger partial charge in [-0.3, -0.25) is 4.90 Å². The van der Waals surface area contributed by atoms with Gasteiger partial charge in [-0.1, -0.05) is 18.2 Å². The highest BCUT2D eigenvalue weighted by molar-refractivity contribution is 5.60. The van der Waals surface area contributed by atoms with Crippen molar-refractivity contribution < 1.29 is 13.9 Å². The Bertz CT molecular complexity index is 1380. The van der Waals surface area contributed by atoms with Crippen LogP contribution in [0.2, 0.25) is 0 Å². The zero-order valence-electron chi connectivity index (χ0n) is 19.0. The van der Waals surface area contributed by atoms with E-state index in [4.69, 9.17) is 10.2 Å². The fourth-order valence-electron chi connectivity index (χ4n) is 4.60. The Morgan fingerprint density at radius 2 is 1.97 bits per heavy atom.